The average Bonchev–Trinajstić information content (AvgIpc) is 2.66. The first kappa shape index (κ1) is 20.7. The largest absolute Gasteiger partial charge is 0.506 e. The summed E-state index contributed by atoms with van der Waals surface area (Å²) in [6.07, 6.45) is 2.89. The van der Waals surface area contributed by atoms with Crippen molar-refractivity contribution < 1.29 is 19.6 Å². The minimum Gasteiger partial charge on any atom is -0.506 e. The van der Waals surface area contributed by atoms with Crippen LogP contribution >= 0.6 is 15.9 Å². The van der Waals surface area contributed by atoms with E-state index in [1.807, 2.05) is 0 Å². The molecule has 8 nitrogen and oxygen atoms in total. The second-order valence-corrected chi connectivity index (χ2v) is 6.28. The Hall–Kier alpha value is -3.64. The number of benzene rings is 2. The van der Waals surface area contributed by atoms with Crippen LogP contribution in [0, 0.1) is 21.4 Å². The Morgan fingerprint density at radius 2 is 2.14 bits per heavy atom. The van der Waals surface area contributed by atoms with Crippen LogP contribution in [0.2, 0.25) is 0 Å². The van der Waals surface area contributed by atoms with Gasteiger partial charge in [-0.25, -0.2) is 0 Å². The van der Waals surface area contributed by atoms with E-state index in [1.54, 1.807) is 30.3 Å². The van der Waals surface area contributed by atoms with Gasteiger partial charge in [-0.3, -0.25) is 14.9 Å². The zero-order valence-corrected chi connectivity index (χ0v) is 16.0. The van der Waals surface area contributed by atoms with Gasteiger partial charge in [0.25, 0.3) is 11.6 Å². The summed E-state index contributed by atoms with van der Waals surface area (Å²) in [7, 11) is 0. The number of rotatable bonds is 7. The molecule has 2 N–H and O–H groups in total. The number of aromatic hydroxyl groups is 1. The fourth-order valence-corrected chi connectivity index (χ4v) is 2.52. The molecule has 0 bridgehead atoms. The molecule has 0 radical (unpaired) electrons. The maximum Gasteiger partial charge on any atom is 0.273 e. The number of halogens is 1. The molecule has 2 aromatic rings. The zero-order valence-electron chi connectivity index (χ0n) is 14.4. The number of nitro benzene ring substituents is 1. The third-order valence-electron chi connectivity index (χ3n) is 3.43. The molecule has 0 fully saturated rings. The Balaban J connectivity index is 2.31. The van der Waals surface area contributed by atoms with Crippen molar-refractivity contribution in [1.29, 1.82) is 5.26 Å². The topological polar surface area (TPSA) is 125 Å². The van der Waals surface area contributed by atoms with Gasteiger partial charge in [0.2, 0.25) is 0 Å². The Labute approximate surface area is 168 Å². The van der Waals surface area contributed by atoms with Crippen molar-refractivity contribution in [2.24, 2.45) is 0 Å². The number of hydrogen-bond acceptors (Lipinski definition) is 6. The lowest BCUT2D eigenvalue weighted by atomic mass is 10.1. The molecule has 0 spiro atoms. The fourth-order valence-electron chi connectivity index (χ4n) is 2.15. The van der Waals surface area contributed by atoms with Gasteiger partial charge in [0.1, 0.15) is 29.7 Å². The van der Waals surface area contributed by atoms with Gasteiger partial charge in [-0.1, -0.05) is 28.6 Å². The molecule has 0 heterocycles. The van der Waals surface area contributed by atoms with Crippen molar-refractivity contribution >= 4 is 39.3 Å². The normalized spacial score (nSPS) is 10.6. The van der Waals surface area contributed by atoms with E-state index in [2.05, 4.69) is 27.8 Å². The van der Waals surface area contributed by atoms with E-state index in [0.717, 1.165) is 16.6 Å². The van der Waals surface area contributed by atoms with Crippen LogP contribution in [0.3, 0.4) is 0 Å². The number of ether oxygens (including phenoxy) is 1. The molecule has 2 aromatic carbocycles. The predicted molar refractivity (Wildman–Crippen MR) is 107 cm³/mol. The highest BCUT2D eigenvalue weighted by Gasteiger charge is 2.16. The first-order valence-corrected chi connectivity index (χ1v) is 8.58. The number of nitrogens with zero attached hydrogens (tertiary/aromatic N) is 2. The number of carbonyl (C=O) groups excluding carboxylic acids is 1. The van der Waals surface area contributed by atoms with Crippen molar-refractivity contribution in [2.75, 3.05) is 11.9 Å². The Bertz CT molecular complexity index is 1010. The van der Waals surface area contributed by atoms with Crippen molar-refractivity contribution in [3.63, 3.8) is 0 Å². The summed E-state index contributed by atoms with van der Waals surface area (Å²) in [6.45, 7) is 3.81. The molecule has 0 saturated heterocycles. The first-order valence-electron chi connectivity index (χ1n) is 7.79. The lowest BCUT2D eigenvalue weighted by molar-refractivity contribution is -0.384. The Morgan fingerprint density at radius 1 is 1.39 bits per heavy atom. The standard InChI is InChI=1S/C19H14BrN3O5/c1-2-7-28-18-6-3-14(20)9-12(18)8-13(11-21)19(25)22-16-5-4-15(23(26)27)10-17(16)24/h2-6,8-10,24H,1,7H2,(H,22,25)/b13-8+. The van der Waals surface area contributed by atoms with Gasteiger partial charge < -0.3 is 15.2 Å². The van der Waals surface area contributed by atoms with Gasteiger partial charge in [0.05, 0.1) is 16.7 Å². The number of non-ortho nitro benzene ring substituents is 1. The molecule has 0 aliphatic rings. The molecule has 9 heteroatoms. The summed E-state index contributed by atoms with van der Waals surface area (Å²) in [4.78, 5) is 22.4. The lowest BCUT2D eigenvalue weighted by Crippen LogP contribution is -2.13. The second kappa shape index (κ2) is 9.34. The molecule has 0 aromatic heterocycles. The van der Waals surface area contributed by atoms with Gasteiger partial charge in [0, 0.05) is 16.1 Å². The zero-order chi connectivity index (χ0) is 20.7. The van der Waals surface area contributed by atoms with Crippen LogP contribution in [0.5, 0.6) is 11.5 Å². The van der Waals surface area contributed by atoms with Crippen molar-refractivity contribution in [3.05, 3.63) is 74.8 Å². The van der Waals surface area contributed by atoms with E-state index in [1.165, 1.54) is 12.1 Å². The van der Waals surface area contributed by atoms with Crippen LogP contribution in [-0.4, -0.2) is 22.5 Å². The lowest BCUT2D eigenvalue weighted by Gasteiger charge is -2.09. The molecular weight excluding hydrogens is 430 g/mol. The molecule has 28 heavy (non-hydrogen) atoms. The van der Waals surface area contributed by atoms with E-state index >= 15 is 0 Å². The summed E-state index contributed by atoms with van der Waals surface area (Å²) >= 11 is 3.32. The number of nitro groups is 1. The number of carbonyl (C=O) groups is 1. The van der Waals surface area contributed by atoms with Gasteiger partial charge >= 0.3 is 0 Å². The smallest absolute Gasteiger partial charge is 0.273 e. The van der Waals surface area contributed by atoms with Crippen molar-refractivity contribution in [3.8, 4) is 17.6 Å². The van der Waals surface area contributed by atoms with Crippen LogP contribution in [0.25, 0.3) is 6.08 Å². The van der Waals surface area contributed by atoms with E-state index in [4.69, 9.17) is 4.74 Å². The van der Waals surface area contributed by atoms with E-state index in [0.29, 0.717) is 11.3 Å². The minimum absolute atomic E-state index is 0.0610. The van der Waals surface area contributed by atoms with E-state index in [-0.39, 0.29) is 23.6 Å². The maximum absolute atomic E-state index is 12.4. The molecular formula is C19H14BrN3O5. The van der Waals surface area contributed by atoms with Crippen LogP contribution in [0.15, 0.2) is 59.1 Å². The minimum atomic E-state index is -0.790. The van der Waals surface area contributed by atoms with Gasteiger partial charge in [-0.05, 0) is 30.3 Å². The highest BCUT2D eigenvalue weighted by atomic mass is 79.9. The maximum atomic E-state index is 12.4. The number of nitrogens with one attached hydrogen (secondary N) is 1. The summed E-state index contributed by atoms with van der Waals surface area (Å²) in [5.41, 5.74) is -0.158. The Morgan fingerprint density at radius 3 is 2.75 bits per heavy atom. The summed E-state index contributed by atoms with van der Waals surface area (Å²) in [5, 5.41) is 32.3. The third kappa shape index (κ3) is 5.18. The summed E-state index contributed by atoms with van der Waals surface area (Å²) < 4.78 is 6.23. The highest BCUT2D eigenvalue weighted by Crippen LogP contribution is 2.29. The molecule has 0 unspecified atom stereocenters. The van der Waals surface area contributed by atoms with Gasteiger partial charge in [-0.2, -0.15) is 5.26 Å². The predicted octanol–water partition coefficient (Wildman–Crippen LogP) is 4.17. The number of amides is 1. The first-order chi connectivity index (χ1) is 13.3. The molecule has 0 saturated carbocycles. The number of nitriles is 1. The molecule has 0 atom stereocenters. The number of anilines is 1. The number of phenols is 1. The van der Waals surface area contributed by atoms with Crippen LogP contribution in [0.4, 0.5) is 11.4 Å². The third-order valence-corrected chi connectivity index (χ3v) is 3.93. The molecule has 2 rings (SSSR count). The van der Waals surface area contributed by atoms with Crippen molar-refractivity contribution in [1.82, 2.24) is 0 Å². The van der Waals surface area contributed by atoms with Crippen LogP contribution in [0.1, 0.15) is 5.56 Å². The van der Waals surface area contributed by atoms with E-state index < -0.39 is 16.6 Å². The van der Waals surface area contributed by atoms with E-state index in [9.17, 15) is 25.3 Å². The summed E-state index contributed by atoms with van der Waals surface area (Å²) in [5.74, 6) is -0.833. The SMILES string of the molecule is C=CCOc1ccc(Br)cc1/C=C(\C#N)C(=O)Nc1ccc([N+](=O)[O-])cc1O. The van der Waals surface area contributed by atoms with Crippen LogP contribution < -0.4 is 10.1 Å². The molecule has 1 amide bonds. The average molecular weight is 444 g/mol. The van der Waals surface area contributed by atoms with Crippen LogP contribution in [-0.2, 0) is 4.79 Å². The quantitative estimate of drug-likeness (QED) is 0.165. The number of phenolic OH excluding ortho intramolecular Hbond substituents is 1. The molecule has 142 valence electrons. The molecule has 0 aliphatic heterocycles. The van der Waals surface area contributed by atoms with Gasteiger partial charge in [-0.15, -0.1) is 0 Å². The monoisotopic (exact) mass is 443 g/mol. The highest BCUT2D eigenvalue weighted by molar-refractivity contribution is 9.10. The fraction of sp³-hybridized carbons (Fsp3) is 0.0526. The number of hydrogen-bond donors (Lipinski definition) is 2. The molecule has 0 aliphatic carbocycles. The Kier molecular flexibility index (Phi) is 6.90. The van der Waals surface area contributed by atoms with Crippen molar-refractivity contribution in [2.45, 2.75) is 0 Å². The second-order valence-electron chi connectivity index (χ2n) is 5.36. The van der Waals surface area contributed by atoms with Gasteiger partial charge in [0.15, 0.2) is 0 Å². The summed E-state index contributed by atoms with van der Waals surface area (Å²) in [6, 6.07) is 10.1.